The summed E-state index contributed by atoms with van der Waals surface area (Å²) in [6.07, 6.45) is 11.2. The number of carboxylic acid groups (broad SMARTS) is 2. The average Bonchev–Trinajstić information content (AvgIpc) is 2.67. The van der Waals surface area contributed by atoms with Gasteiger partial charge in [-0.05, 0) is 44.2 Å². The van der Waals surface area contributed by atoms with E-state index in [1.165, 1.54) is 0 Å². The molecule has 29 heavy (non-hydrogen) atoms. The zero-order valence-corrected chi connectivity index (χ0v) is 17.4. The maximum atomic E-state index is 11.7. The minimum Gasteiger partial charge on any atom is -0.481 e. The van der Waals surface area contributed by atoms with Gasteiger partial charge in [-0.1, -0.05) is 43.6 Å². The van der Waals surface area contributed by atoms with Gasteiger partial charge < -0.3 is 15.5 Å². The molecule has 0 saturated heterocycles. The Bertz CT molecular complexity index is 521. The van der Waals surface area contributed by atoms with Crippen molar-refractivity contribution in [2.24, 2.45) is 5.11 Å². The number of Topliss-reactive ketones (excluding diaryl/α,β-unsaturated/α-hetero) is 1. The van der Waals surface area contributed by atoms with Crippen molar-refractivity contribution in [3.63, 3.8) is 0 Å². The van der Waals surface area contributed by atoms with E-state index in [1.807, 2.05) is 0 Å². The van der Waals surface area contributed by atoms with Crippen LogP contribution in [0.15, 0.2) is 5.11 Å². The lowest BCUT2D eigenvalue weighted by molar-refractivity contribution is -0.139. The summed E-state index contributed by atoms with van der Waals surface area (Å²) in [5, 5.41) is 24.0. The van der Waals surface area contributed by atoms with Crippen LogP contribution in [0.5, 0.6) is 0 Å². The first kappa shape index (κ1) is 26.9. The van der Waals surface area contributed by atoms with Crippen LogP contribution < -0.4 is 5.32 Å². The highest BCUT2D eigenvalue weighted by Gasteiger charge is 2.15. The molecule has 0 radical (unpaired) electrons. The number of rotatable bonds is 21. The molecule has 9 nitrogen and oxygen atoms in total. The number of unbranched alkanes of at least 4 members (excludes halogenated alkanes) is 8. The third kappa shape index (κ3) is 19.0. The molecule has 0 saturated carbocycles. The summed E-state index contributed by atoms with van der Waals surface area (Å²) >= 11 is 0. The lowest BCUT2D eigenvalue weighted by Crippen LogP contribution is -2.37. The molecule has 0 aliphatic carbocycles. The zero-order valence-electron chi connectivity index (χ0n) is 17.4. The van der Waals surface area contributed by atoms with Gasteiger partial charge in [0.05, 0.1) is 0 Å². The maximum absolute atomic E-state index is 11.7. The third-order valence-electron chi connectivity index (χ3n) is 4.75. The van der Waals surface area contributed by atoms with Gasteiger partial charge in [0.15, 0.2) is 0 Å². The molecular formula is C20H36N4O5. The summed E-state index contributed by atoms with van der Waals surface area (Å²) in [5.74, 6) is -1.49. The minimum absolute atomic E-state index is 0.140. The Labute approximate surface area is 172 Å². The first-order valence-corrected chi connectivity index (χ1v) is 10.7. The highest BCUT2D eigenvalue weighted by Crippen LogP contribution is 2.11. The number of hydrogen-bond acceptors (Lipinski definition) is 5. The SMILES string of the molecule is [N-]=[N+]=NCC[C@H](NCCCCCCCCCCC(=O)CCCCC(=O)O)C(=O)O. The van der Waals surface area contributed by atoms with Crippen LogP contribution in [0.2, 0.25) is 0 Å². The molecule has 0 aromatic rings. The van der Waals surface area contributed by atoms with Gasteiger partial charge in [0.25, 0.3) is 0 Å². The van der Waals surface area contributed by atoms with E-state index in [1.54, 1.807) is 0 Å². The average molecular weight is 413 g/mol. The number of hydrogen-bond donors (Lipinski definition) is 3. The van der Waals surface area contributed by atoms with Crippen LogP contribution in [-0.4, -0.2) is 47.1 Å². The topological polar surface area (TPSA) is 152 Å². The van der Waals surface area contributed by atoms with E-state index in [9.17, 15) is 14.4 Å². The number of carboxylic acids is 2. The smallest absolute Gasteiger partial charge is 0.320 e. The number of azide groups is 1. The second-order valence-electron chi connectivity index (χ2n) is 7.31. The molecule has 0 amide bonds. The minimum atomic E-state index is -0.920. The summed E-state index contributed by atoms with van der Waals surface area (Å²) in [6.45, 7) is 0.818. The van der Waals surface area contributed by atoms with Gasteiger partial charge in [0.2, 0.25) is 0 Å². The van der Waals surface area contributed by atoms with Gasteiger partial charge in [-0.25, -0.2) is 0 Å². The molecule has 0 aliphatic rings. The molecule has 0 aliphatic heterocycles. The van der Waals surface area contributed by atoms with Crippen LogP contribution in [0.3, 0.4) is 0 Å². The van der Waals surface area contributed by atoms with E-state index < -0.39 is 18.0 Å². The monoisotopic (exact) mass is 412 g/mol. The fraction of sp³-hybridized carbons (Fsp3) is 0.850. The van der Waals surface area contributed by atoms with Crippen molar-refractivity contribution in [2.75, 3.05) is 13.1 Å². The molecule has 1 atom stereocenters. The van der Waals surface area contributed by atoms with Crippen LogP contribution in [0.25, 0.3) is 10.4 Å². The van der Waals surface area contributed by atoms with Gasteiger partial charge in [-0.3, -0.25) is 14.4 Å². The summed E-state index contributed by atoms with van der Waals surface area (Å²) < 4.78 is 0. The predicted molar refractivity (Wildman–Crippen MR) is 111 cm³/mol. The number of nitrogens with zero attached hydrogens (tertiary/aromatic N) is 3. The van der Waals surface area contributed by atoms with Crippen LogP contribution in [0.4, 0.5) is 0 Å². The normalized spacial score (nSPS) is 11.6. The Balaban J connectivity index is 3.44. The fourth-order valence-corrected chi connectivity index (χ4v) is 3.05. The van der Waals surface area contributed by atoms with E-state index in [2.05, 4.69) is 15.3 Å². The maximum Gasteiger partial charge on any atom is 0.320 e. The Hall–Kier alpha value is -2.12. The molecule has 166 valence electrons. The van der Waals surface area contributed by atoms with E-state index >= 15 is 0 Å². The van der Waals surface area contributed by atoms with Crippen molar-refractivity contribution in [3.8, 4) is 0 Å². The van der Waals surface area contributed by atoms with Crippen LogP contribution in [0.1, 0.15) is 89.9 Å². The van der Waals surface area contributed by atoms with Gasteiger partial charge in [0.1, 0.15) is 11.8 Å². The fourth-order valence-electron chi connectivity index (χ4n) is 3.05. The first-order valence-electron chi connectivity index (χ1n) is 10.7. The Morgan fingerprint density at radius 1 is 0.828 bits per heavy atom. The highest BCUT2D eigenvalue weighted by molar-refractivity contribution is 5.78. The number of carbonyl (C=O) groups is 3. The van der Waals surface area contributed by atoms with Crippen molar-refractivity contribution >= 4 is 17.7 Å². The highest BCUT2D eigenvalue weighted by atomic mass is 16.4. The van der Waals surface area contributed by atoms with Gasteiger partial charge in [0, 0.05) is 30.7 Å². The Kier molecular flexibility index (Phi) is 17.8. The molecule has 0 aromatic heterocycles. The van der Waals surface area contributed by atoms with Crippen molar-refractivity contribution in [3.05, 3.63) is 10.4 Å². The predicted octanol–water partition coefficient (Wildman–Crippen LogP) is 4.45. The number of nitrogens with one attached hydrogen (secondary N) is 1. The lowest BCUT2D eigenvalue weighted by atomic mass is 10.0. The second kappa shape index (κ2) is 19.2. The van der Waals surface area contributed by atoms with Crippen LogP contribution in [0, 0.1) is 0 Å². The number of carbonyl (C=O) groups excluding carboxylic acids is 1. The summed E-state index contributed by atoms with van der Waals surface area (Å²) in [4.78, 5) is 35.8. The zero-order chi connectivity index (χ0) is 21.7. The van der Waals surface area contributed by atoms with Crippen molar-refractivity contribution in [2.45, 2.75) is 95.9 Å². The summed E-state index contributed by atoms with van der Waals surface area (Å²) in [7, 11) is 0. The number of aliphatic carboxylic acids is 2. The van der Waals surface area contributed by atoms with Gasteiger partial charge in [-0.2, -0.15) is 0 Å². The largest absolute Gasteiger partial charge is 0.481 e. The molecule has 3 N–H and O–H groups in total. The summed E-state index contributed by atoms with van der Waals surface area (Å²) in [5.41, 5.74) is 8.22. The van der Waals surface area contributed by atoms with Crippen molar-refractivity contribution in [1.29, 1.82) is 0 Å². The molecule has 0 bridgehead atoms. The molecule has 0 unspecified atom stereocenters. The summed E-state index contributed by atoms with van der Waals surface area (Å²) in [6, 6.07) is -0.666. The van der Waals surface area contributed by atoms with Gasteiger partial charge >= 0.3 is 11.9 Å². The van der Waals surface area contributed by atoms with E-state index in [0.717, 1.165) is 51.4 Å². The van der Waals surface area contributed by atoms with Gasteiger partial charge in [-0.15, -0.1) is 0 Å². The second-order valence-corrected chi connectivity index (χ2v) is 7.31. The number of ketones is 1. The molecule has 9 heteroatoms. The standard InChI is InChI=1S/C20H36N4O5/c21-24-23-16-14-18(20(28)29)22-15-10-6-4-2-1-3-5-7-11-17(25)12-8-9-13-19(26)27/h18,22H,1-16H2,(H,26,27)(H,28,29)/t18-/m0/s1. The van der Waals surface area contributed by atoms with E-state index in [0.29, 0.717) is 38.6 Å². The molecule has 0 rings (SSSR count). The van der Waals surface area contributed by atoms with Crippen molar-refractivity contribution < 1.29 is 24.6 Å². The van der Waals surface area contributed by atoms with Crippen LogP contribution >= 0.6 is 0 Å². The Morgan fingerprint density at radius 2 is 1.34 bits per heavy atom. The molecule has 0 heterocycles. The van der Waals surface area contributed by atoms with E-state index in [4.69, 9.17) is 15.7 Å². The first-order chi connectivity index (χ1) is 14.0. The molecule has 0 aromatic carbocycles. The third-order valence-corrected chi connectivity index (χ3v) is 4.75. The van der Waals surface area contributed by atoms with E-state index in [-0.39, 0.29) is 18.7 Å². The molecule has 0 fully saturated rings. The molecule has 0 spiro atoms. The van der Waals surface area contributed by atoms with Crippen LogP contribution in [-0.2, 0) is 14.4 Å². The lowest BCUT2D eigenvalue weighted by Gasteiger charge is -2.12. The molecular weight excluding hydrogens is 376 g/mol. The van der Waals surface area contributed by atoms with Crippen molar-refractivity contribution in [1.82, 2.24) is 5.32 Å². The quantitative estimate of drug-likeness (QED) is 0.109. The Morgan fingerprint density at radius 3 is 1.90 bits per heavy atom.